The smallest absolute Gasteiger partial charge is 0.233 e. The van der Waals surface area contributed by atoms with Crippen LogP contribution in [0.4, 0.5) is 5.95 Å². The van der Waals surface area contributed by atoms with Gasteiger partial charge >= 0.3 is 0 Å². The Morgan fingerprint density at radius 3 is 2.50 bits per heavy atom. The number of anilines is 1. The van der Waals surface area contributed by atoms with Crippen molar-refractivity contribution in [1.82, 2.24) is 20.1 Å². The highest BCUT2D eigenvalue weighted by atomic mass is 32.2. The monoisotopic (exact) mass is 399 g/mol. The van der Waals surface area contributed by atoms with E-state index < -0.39 is 0 Å². The van der Waals surface area contributed by atoms with Crippen molar-refractivity contribution in [3.8, 4) is 5.69 Å². The Kier molecular flexibility index (Phi) is 6.20. The number of carbonyl (C=O) groups is 1. The quantitative estimate of drug-likeness (QED) is 0.749. The fourth-order valence-electron chi connectivity index (χ4n) is 4.04. The van der Waals surface area contributed by atoms with Gasteiger partial charge in [0.25, 0.3) is 0 Å². The summed E-state index contributed by atoms with van der Waals surface area (Å²) < 4.78 is 2.11. The third-order valence-electron chi connectivity index (χ3n) is 5.62. The Bertz CT molecular complexity index is 781. The molecule has 1 amide bonds. The third-order valence-corrected chi connectivity index (χ3v) is 6.67. The van der Waals surface area contributed by atoms with E-state index in [9.17, 15) is 4.79 Å². The maximum absolute atomic E-state index is 12.7. The number of thioether (sulfide) groups is 1. The number of nitrogens with one attached hydrogen (secondary N) is 1. The van der Waals surface area contributed by atoms with Gasteiger partial charge in [-0.15, -0.1) is 10.2 Å². The van der Waals surface area contributed by atoms with Crippen LogP contribution in [0.5, 0.6) is 0 Å². The van der Waals surface area contributed by atoms with Crippen molar-refractivity contribution >= 4 is 23.6 Å². The molecule has 6 nitrogen and oxygen atoms in total. The average molecular weight is 400 g/mol. The molecule has 1 atom stereocenters. The number of hydrogen-bond acceptors (Lipinski definition) is 5. The highest BCUT2D eigenvalue weighted by Gasteiger charge is 2.26. The Morgan fingerprint density at radius 1 is 1.07 bits per heavy atom. The van der Waals surface area contributed by atoms with Gasteiger partial charge in [-0.3, -0.25) is 9.36 Å². The molecule has 0 spiro atoms. The normalized spacial score (nSPS) is 19.0. The Labute approximate surface area is 171 Å². The number of nitrogens with zero attached hydrogens (tertiary/aromatic N) is 4. The van der Waals surface area contributed by atoms with Gasteiger partial charge in [-0.2, -0.15) is 0 Å². The van der Waals surface area contributed by atoms with Crippen LogP contribution >= 0.6 is 11.8 Å². The minimum absolute atomic E-state index is 0.0963. The molecular formula is C21H29N5OS. The minimum Gasteiger partial charge on any atom is -0.352 e. The molecule has 1 aromatic carbocycles. The van der Waals surface area contributed by atoms with Crippen LogP contribution in [0.15, 0.2) is 35.5 Å². The van der Waals surface area contributed by atoms with Crippen molar-refractivity contribution in [2.75, 3.05) is 18.0 Å². The van der Waals surface area contributed by atoms with Crippen molar-refractivity contribution in [3.05, 3.63) is 30.3 Å². The van der Waals surface area contributed by atoms with Gasteiger partial charge in [0.05, 0.1) is 10.9 Å². The van der Waals surface area contributed by atoms with Gasteiger partial charge in [0.1, 0.15) is 0 Å². The lowest BCUT2D eigenvalue weighted by Crippen LogP contribution is -2.37. The minimum atomic E-state index is -0.207. The molecule has 7 heteroatoms. The second kappa shape index (κ2) is 8.99. The summed E-state index contributed by atoms with van der Waals surface area (Å²) in [7, 11) is 0. The second-order valence-corrected chi connectivity index (χ2v) is 9.06. The summed E-state index contributed by atoms with van der Waals surface area (Å²) >= 11 is 1.49. The molecule has 0 bridgehead atoms. The zero-order valence-corrected chi connectivity index (χ0v) is 17.3. The molecular weight excluding hydrogens is 370 g/mol. The lowest BCUT2D eigenvalue weighted by molar-refractivity contribution is -0.120. The first-order valence-corrected chi connectivity index (χ1v) is 11.3. The van der Waals surface area contributed by atoms with Gasteiger partial charge in [0, 0.05) is 19.1 Å². The molecule has 2 heterocycles. The van der Waals surface area contributed by atoms with Gasteiger partial charge in [0.2, 0.25) is 11.9 Å². The largest absolute Gasteiger partial charge is 0.352 e. The Balaban J connectivity index is 1.55. The highest BCUT2D eigenvalue weighted by molar-refractivity contribution is 8.00. The molecule has 150 valence electrons. The molecule has 4 rings (SSSR count). The molecule has 1 aromatic heterocycles. The number of carbonyl (C=O) groups excluding carboxylic acids is 1. The summed E-state index contributed by atoms with van der Waals surface area (Å²) in [5, 5.41) is 12.8. The maximum atomic E-state index is 12.7. The van der Waals surface area contributed by atoms with Crippen LogP contribution in [-0.2, 0) is 4.79 Å². The van der Waals surface area contributed by atoms with Crippen molar-refractivity contribution in [1.29, 1.82) is 0 Å². The van der Waals surface area contributed by atoms with E-state index in [1.54, 1.807) is 0 Å². The summed E-state index contributed by atoms with van der Waals surface area (Å²) in [6, 6.07) is 10.6. The standard InChI is InChI=1S/C21H29N5OS/c1-16(19(27)22-17-10-6-7-11-17)28-21-24-23-20(25-14-8-3-9-15-25)26(21)18-12-4-2-5-13-18/h2,4-5,12-13,16-17H,3,6-11,14-15H2,1H3,(H,22,27)/t16-/m0/s1. The van der Waals surface area contributed by atoms with Crippen LogP contribution in [0.1, 0.15) is 51.9 Å². The van der Waals surface area contributed by atoms with E-state index in [0.717, 1.165) is 42.7 Å². The molecule has 0 radical (unpaired) electrons. The third kappa shape index (κ3) is 4.35. The highest BCUT2D eigenvalue weighted by Crippen LogP contribution is 2.30. The fraction of sp³-hybridized carbons (Fsp3) is 0.571. The number of amides is 1. The van der Waals surface area contributed by atoms with E-state index in [0.29, 0.717) is 6.04 Å². The van der Waals surface area contributed by atoms with Crippen molar-refractivity contribution in [2.45, 2.75) is 68.3 Å². The predicted octanol–water partition coefficient (Wildman–Crippen LogP) is 3.80. The summed E-state index contributed by atoms with van der Waals surface area (Å²) in [5.74, 6) is 0.982. The van der Waals surface area contributed by atoms with Crippen LogP contribution in [0.25, 0.3) is 5.69 Å². The molecule has 1 aliphatic carbocycles. The second-order valence-electron chi connectivity index (χ2n) is 7.75. The van der Waals surface area contributed by atoms with E-state index in [2.05, 4.69) is 37.1 Å². The van der Waals surface area contributed by atoms with Crippen LogP contribution in [0.3, 0.4) is 0 Å². The number of rotatable bonds is 6. The van der Waals surface area contributed by atoms with Crippen LogP contribution in [0.2, 0.25) is 0 Å². The molecule has 1 N–H and O–H groups in total. The molecule has 1 aliphatic heterocycles. The molecule has 1 saturated carbocycles. The first-order chi connectivity index (χ1) is 13.7. The average Bonchev–Trinajstić information content (AvgIpc) is 3.39. The predicted molar refractivity (Wildman–Crippen MR) is 113 cm³/mol. The fourth-order valence-corrected chi connectivity index (χ4v) is 4.91. The van der Waals surface area contributed by atoms with E-state index in [4.69, 9.17) is 0 Å². The van der Waals surface area contributed by atoms with Gasteiger partial charge in [-0.05, 0) is 51.2 Å². The van der Waals surface area contributed by atoms with E-state index >= 15 is 0 Å². The zero-order chi connectivity index (χ0) is 19.3. The molecule has 0 unspecified atom stereocenters. The Morgan fingerprint density at radius 2 is 1.79 bits per heavy atom. The van der Waals surface area contributed by atoms with Crippen molar-refractivity contribution < 1.29 is 4.79 Å². The van der Waals surface area contributed by atoms with Crippen LogP contribution in [0, 0.1) is 0 Å². The number of aromatic nitrogens is 3. The summed E-state index contributed by atoms with van der Waals surface area (Å²) in [6.07, 6.45) is 8.28. The number of benzene rings is 1. The van der Waals surface area contributed by atoms with Crippen molar-refractivity contribution in [2.24, 2.45) is 0 Å². The SMILES string of the molecule is C[C@H](Sc1nnc(N2CCCCC2)n1-c1ccccc1)C(=O)NC1CCCC1. The summed E-state index contributed by atoms with van der Waals surface area (Å²) in [5.41, 5.74) is 1.04. The summed E-state index contributed by atoms with van der Waals surface area (Å²) in [4.78, 5) is 15.0. The number of piperidine rings is 1. The van der Waals surface area contributed by atoms with Crippen LogP contribution < -0.4 is 10.2 Å². The summed E-state index contributed by atoms with van der Waals surface area (Å²) in [6.45, 7) is 3.97. The molecule has 2 fully saturated rings. The van der Waals surface area contributed by atoms with Gasteiger partial charge in [-0.25, -0.2) is 0 Å². The Hall–Kier alpha value is -2.02. The van der Waals surface area contributed by atoms with Crippen LogP contribution in [-0.4, -0.2) is 45.1 Å². The number of hydrogen-bond donors (Lipinski definition) is 1. The maximum Gasteiger partial charge on any atom is 0.233 e. The van der Waals surface area contributed by atoms with E-state index in [1.807, 2.05) is 25.1 Å². The van der Waals surface area contributed by atoms with E-state index in [-0.39, 0.29) is 11.2 Å². The van der Waals surface area contributed by atoms with Gasteiger partial charge in [0.15, 0.2) is 5.16 Å². The molecule has 2 aromatic rings. The lowest BCUT2D eigenvalue weighted by Gasteiger charge is -2.28. The van der Waals surface area contributed by atoms with Gasteiger partial charge < -0.3 is 10.2 Å². The molecule has 2 aliphatic rings. The zero-order valence-electron chi connectivity index (χ0n) is 16.5. The van der Waals surface area contributed by atoms with Gasteiger partial charge in [-0.1, -0.05) is 42.8 Å². The van der Waals surface area contributed by atoms with E-state index in [1.165, 1.54) is 43.9 Å². The molecule has 28 heavy (non-hydrogen) atoms. The number of para-hydroxylation sites is 1. The lowest BCUT2D eigenvalue weighted by atomic mass is 10.1. The molecule has 1 saturated heterocycles. The first kappa shape index (κ1) is 19.3. The topological polar surface area (TPSA) is 63.1 Å². The first-order valence-electron chi connectivity index (χ1n) is 10.4. The van der Waals surface area contributed by atoms with Crippen molar-refractivity contribution in [3.63, 3.8) is 0 Å².